The van der Waals surface area contributed by atoms with Crippen molar-refractivity contribution in [1.29, 1.82) is 0 Å². The summed E-state index contributed by atoms with van der Waals surface area (Å²) in [7, 11) is -9.95. The molecular formula is C79H140O17P2. The number of phosphoric acid groups is 2. The molecule has 0 aliphatic rings. The van der Waals surface area contributed by atoms with Gasteiger partial charge >= 0.3 is 39.5 Å². The Labute approximate surface area is 595 Å². The Hall–Kier alpha value is -3.76. The normalized spacial score (nSPS) is 14.4. The number of hydrogen-bond acceptors (Lipinski definition) is 15. The Kier molecular flexibility index (Phi) is 68.9. The van der Waals surface area contributed by atoms with Gasteiger partial charge in [0, 0.05) is 25.7 Å². The van der Waals surface area contributed by atoms with Gasteiger partial charge in [-0.15, -0.1) is 0 Å². The van der Waals surface area contributed by atoms with Gasteiger partial charge < -0.3 is 33.8 Å². The first kappa shape index (κ1) is 94.2. The van der Waals surface area contributed by atoms with Crippen LogP contribution in [0.4, 0.5) is 0 Å². The van der Waals surface area contributed by atoms with E-state index in [4.69, 9.17) is 37.0 Å². The SMILES string of the molecule is CC/C=C\C/C=C\C/C=C\C/C=C\CCCCCCC(=O)OCC(COP(=O)(O)OCC(O)COP(=O)(O)OCC(COC(=O)CCCCCCC/C=C\C/C=C\CCCCC)OC(=O)CCCCCCC/C=C\CCCCCCCC)OC(=O)CCCCCCCCCCCCC. The topological polar surface area (TPSA) is 237 Å². The number of unbranched alkanes of at least 4 members (excludes halogenated alkanes) is 33. The van der Waals surface area contributed by atoms with Gasteiger partial charge in [-0.05, 0) is 122 Å². The van der Waals surface area contributed by atoms with Crippen LogP contribution in [-0.2, 0) is 65.4 Å². The third kappa shape index (κ3) is 70.7. The lowest BCUT2D eigenvalue weighted by Gasteiger charge is -2.21. The molecule has 0 aromatic carbocycles. The van der Waals surface area contributed by atoms with Crippen molar-refractivity contribution >= 4 is 39.5 Å². The number of hydrogen-bond donors (Lipinski definition) is 3. The molecule has 0 aromatic rings. The summed E-state index contributed by atoms with van der Waals surface area (Å²) in [5, 5.41) is 10.6. The van der Waals surface area contributed by atoms with Crippen molar-refractivity contribution in [3.05, 3.63) is 85.1 Å². The zero-order valence-electron chi connectivity index (χ0n) is 62.0. The molecule has 0 saturated heterocycles. The van der Waals surface area contributed by atoms with Crippen molar-refractivity contribution in [1.82, 2.24) is 0 Å². The molecular weight excluding hydrogens is 1280 g/mol. The quantitative estimate of drug-likeness (QED) is 0.0169. The summed E-state index contributed by atoms with van der Waals surface area (Å²) in [5.41, 5.74) is 0. The van der Waals surface area contributed by atoms with Crippen LogP contribution in [0.5, 0.6) is 0 Å². The summed E-state index contributed by atoms with van der Waals surface area (Å²) in [6.07, 6.45) is 72.8. The molecule has 0 spiro atoms. The number of ether oxygens (including phenoxy) is 4. The van der Waals surface area contributed by atoms with E-state index >= 15 is 0 Å². The Morgan fingerprint density at radius 3 is 0.847 bits per heavy atom. The maximum Gasteiger partial charge on any atom is 0.472 e. The molecule has 0 aliphatic heterocycles. The highest BCUT2D eigenvalue weighted by Gasteiger charge is 2.30. The van der Waals surface area contributed by atoms with Gasteiger partial charge in [0.25, 0.3) is 0 Å². The average Bonchev–Trinajstić information content (AvgIpc) is 0.986. The van der Waals surface area contributed by atoms with Crippen LogP contribution in [-0.4, -0.2) is 96.7 Å². The molecule has 0 aliphatic carbocycles. The molecule has 0 amide bonds. The first-order valence-electron chi connectivity index (χ1n) is 38.8. The predicted molar refractivity (Wildman–Crippen MR) is 399 cm³/mol. The standard InChI is InChI=1S/C79H140O17P2/c1-5-9-13-17-21-25-29-32-35-36-39-41-45-48-52-56-60-64-77(82)89-69-74(95-78(83)65-61-57-53-49-43-28-24-20-16-12-8-4)71-93-97(85,86)91-67-73(80)68-92-98(87,88)94-72-75(96-79(84)66-62-58-54-50-46-42-38-34-31-27-23-19-15-11-7-3)70-90-76(81)63-59-55-51-47-44-40-37-33-30-26-22-18-14-10-6-2/h9,13,21-22,25-26,32-35,37-39,41,73-75,80H,5-8,10-12,14-20,23-24,27-31,36,40,42-72H2,1-4H3,(H,85,86)(H,87,88)/b13-9-,25-21-,26-22-,35-32-,37-33-,38-34-,41-39-. The molecule has 19 heteroatoms. The van der Waals surface area contributed by atoms with E-state index in [0.717, 1.165) is 161 Å². The van der Waals surface area contributed by atoms with Crippen molar-refractivity contribution in [2.75, 3.05) is 39.6 Å². The molecule has 5 atom stereocenters. The predicted octanol–water partition coefficient (Wildman–Crippen LogP) is 22.2. The van der Waals surface area contributed by atoms with Crippen LogP contribution in [0.15, 0.2) is 85.1 Å². The summed E-state index contributed by atoms with van der Waals surface area (Å²) in [6, 6.07) is 0. The van der Waals surface area contributed by atoms with Crippen LogP contribution in [0.25, 0.3) is 0 Å². The molecule has 0 saturated carbocycles. The van der Waals surface area contributed by atoms with E-state index in [1.54, 1.807) is 0 Å². The number of aliphatic hydroxyl groups excluding tert-OH is 1. The van der Waals surface area contributed by atoms with E-state index in [1.807, 2.05) is 0 Å². The highest BCUT2D eigenvalue weighted by atomic mass is 31.2. The lowest BCUT2D eigenvalue weighted by atomic mass is 10.1. The van der Waals surface area contributed by atoms with Gasteiger partial charge in [-0.2, -0.15) is 0 Å². The lowest BCUT2D eigenvalue weighted by molar-refractivity contribution is -0.161. The fourth-order valence-corrected chi connectivity index (χ4v) is 12.0. The zero-order valence-corrected chi connectivity index (χ0v) is 63.7. The summed E-state index contributed by atoms with van der Waals surface area (Å²) < 4.78 is 68.5. The molecule has 0 heterocycles. The van der Waals surface area contributed by atoms with E-state index in [2.05, 4.69) is 113 Å². The first-order chi connectivity index (χ1) is 47.7. The van der Waals surface area contributed by atoms with Crippen LogP contribution in [0.2, 0.25) is 0 Å². The number of rotatable bonds is 73. The second-order valence-corrected chi connectivity index (χ2v) is 28.8. The van der Waals surface area contributed by atoms with Crippen LogP contribution in [0, 0.1) is 0 Å². The van der Waals surface area contributed by atoms with Gasteiger partial charge in [-0.25, -0.2) is 9.13 Å². The fourth-order valence-electron chi connectivity index (χ4n) is 10.4. The minimum atomic E-state index is -4.98. The molecule has 0 radical (unpaired) electrons. The molecule has 3 N–H and O–H groups in total. The van der Waals surface area contributed by atoms with Crippen molar-refractivity contribution in [2.24, 2.45) is 0 Å². The van der Waals surface area contributed by atoms with Crippen LogP contribution < -0.4 is 0 Å². The number of allylic oxidation sites excluding steroid dienone is 14. The Morgan fingerprint density at radius 1 is 0.296 bits per heavy atom. The van der Waals surface area contributed by atoms with Gasteiger partial charge in [0.15, 0.2) is 12.2 Å². The number of carbonyl (C=O) groups excluding carboxylic acids is 4. The van der Waals surface area contributed by atoms with Gasteiger partial charge in [0.2, 0.25) is 0 Å². The van der Waals surface area contributed by atoms with Gasteiger partial charge in [0.1, 0.15) is 19.3 Å². The van der Waals surface area contributed by atoms with Gasteiger partial charge in [0.05, 0.1) is 26.4 Å². The second-order valence-electron chi connectivity index (χ2n) is 25.9. The highest BCUT2D eigenvalue weighted by Crippen LogP contribution is 2.45. The van der Waals surface area contributed by atoms with E-state index < -0.39 is 97.5 Å². The van der Waals surface area contributed by atoms with Crippen LogP contribution in [0.3, 0.4) is 0 Å². The molecule has 0 rings (SSSR count). The monoisotopic (exact) mass is 1420 g/mol. The zero-order chi connectivity index (χ0) is 71.8. The van der Waals surface area contributed by atoms with Crippen molar-refractivity contribution in [2.45, 2.75) is 354 Å². The number of phosphoric ester groups is 2. The summed E-state index contributed by atoms with van der Waals surface area (Å²) in [5.74, 6) is -2.21. The van der Waals surface area contributed by atoms with Gasteiger partial charge in [-0.3, -0.25) is 37.3 Å². The van der Waals surface area contributed by atoms with E-state index in [-0.39, 0.29) is 25.7 Å². The van der Waals surface area contributed by atoms with Crippen LogP contribution >= 0.6 is 15.6 Å². The van der Waals surface area contributed by atoms with Crippen molar-refractivity contribution < 1.29 is 80.2 Å². The molecule has 98 heavy (non-hydrogen) atoms. The van der Waals surface area contributed by atoms with Crippen molar-refractivity contribution in [3.63, 3.8) is 0 Å². The summed E-state index contributed by atoms with van der Waals surface area (Å²) in [6.45, 7) is 4.71. The minimum Gasteiger partial charge on any atom is -0.462 e. The third-order valence-electron chi connectivity index (χ3n) is 16.3. The minimum absolute atomic E-state index is 0.0838. The molecule has 17 nitrogen and oxygen atoms in total. The maximum atomic E-state index is 13.1. The molecule has 0 bridgehead atoms. The molecule has 0 fully saturated rings. The Balaban J connectivity index is 5.34. The maximum absolute atomic E-state index is 13.1. The third-order valence-corrected chi connectivity index (χ3v) is 18.2. The highest BCUT2D eigenvalue weighted by molar-refractivity contribution is 7.47. The Morgan fingerprint density at radius 2 is 0.531 bits per heavy atom. The molecule has 568 valence electrons. The van der Waals surface area contributed by atoms with E-state index in [9.17, 15) is 43.2 Å². The Bertz CT molecular complexity index is 2190. The molecule has 0 aromatic heterocycles. The van der Waals surface area contributed by atoms with Crippen LogP contribution in [0.1, 0.15) is 336 Å². The summed E-state index contributed by atoms with van der Waals surface area (Å²) in [4.78, 5) is 72.8. The van der Waals surface area contributed by atoms with Gasteiger partial charge in [-0.1, -0.05) is 273 Å². The average molecular weight is 1420 g/mol. The van der Waals surface area contributed by atoms with Crippen molar-refractivity contribution in [3.8, 4) is 0 Å². The second kappa shape index (κ2) is 71.6. The lowest BCUT2D eigenvalue weighted by Crippen LogP contribution is -2.30. The summed E-state index contributed by atoms with van der Waals surface area (Å²) >= 11 is 0. The van der Waals surface area contributed by atoms with E-state index in [0.29, 0.717) is 25.7 Å². The fraction of sp³-hybridized carbons (Fsp3) is 0.772. The largest absolute Gasteiger partial charge is 0.472 e. The number of aliphatic hydroxyl groups is 1. The molecule has 5 unspecified atom stereocenters. The number of carbonyl (C=O) groups is 4. The van der Waals surface area contributed by atoms with E-state index in [1.165, 1.54) is 96.3 Å². The first-order valence-corrected chi connectivity index (χ1v) is 41.8. The number of esters is 4. The smallest absolute Gasteiger partial charge is 0.462 e.